The maximum absolute atomic E-state index is 13.5. The Bertz CT molecular complexity index is 1430. The van der Waals surface area contributed by atoms with Crippen molar-refractivity contribution in [3.63, 3.8) is 0 Å². The molecule has 8 aliphatic rings. The second-order valence-corrected chi connectivity index (χ2v) is 17.1. The molecule has 16 atom stereocenters. The minimum Gasteiger partial charge on any atom is -0.429 e. The topological polar surface area (TPSA) is 88.1 Å². The molecule has 0 aromatic heterocycles. The van der Waals surface area contributed by atoms with Gasteiger partial charge in [0.2, 0.25) is 0 Å². The van der Waals surface area contributed by atoms with Crippen LogP contribution < -0.4 is 0 Å². The Morgan fingerprint density at radius 2 is 1.32 bits per heavy atom. The summed E-state index contributed by atoms with van der Waals surface area (Å²) in [6, 6.07) is 6.73. The van der Waals surface area contributed by atoms with E-state index in [9.17, 15) is 13.2 Å². The predicted octanol–water partition coefficient (Wildman–Crippen LogP) is 5.37. The van der Waals surface area contributed by atoms with Crippen LogP contribution in [0.4, 0.5) is 4.79 Å². The first kappa shape index (κ1) is 25.6. The molecule has 9 rings (SSSR count). The van der Waals surface area contributed by atoms with Gasteiger partial charge in [-0.05, 0) is 124 Å². The molecule has 6 aliphatic carbocycles. The van der Waals surface area contributed by atoms with Crippen LogP contribution in [-0.4, -0.2) is 44.6 Å². The highest BCUT2D eigenvalue weighted by atomic mass is 32.2. The molecular weight excluding hydrogens is 540 g/mol. The van der Waals surface area contributed by atoms with E-state index in [4.69, 9.17) is 18.4 Å². The average Bonchev–Trinajstić information content (AvgIpc) is 3.73. The van der Waals surface area contributed by atoms with Crippen molar-refractivity contribution in [2.75, 3.05) is 0 Å². The fourth-order valence-electron chi connectivity index (χ4n) is 12.0. The van der Waals surface area contributed by atoms with Crippen molar-refractivity contribution < 1.29 is 31.6 Å². The zero-order valence-electron chi connectivity index (χ0n) is 24.1. The summed E-state index contributed by atoms with van der Waals surface area (Å²) in [6.45, 7) is 7.33. The number of allylic oxidation sites excluding steroid dienone is 2. The smallest absolute Gasteiger partial charge is 0.429 e. The minimum atomic E-state index is -4.05. The second-order valence-electron chi connectivity index (χ2n) is 15.5. The van der Waals surface area contributed by atoms with Gasteiger partial charge in [-0.2, -0.15) is 8.42 Å². The number of hydrogen-bond acceptors (Lipinski definition) is 7. The molecule has 7 fully saturated rings. The lowest BCUT2D eigenvalue weighted by molar-refractivity contribution is -0.0987. The summed E-state index contributed by atoms with van der Waals surface area (Å²) in [6.07, 6.45) is 6.66. The summed E-state index contributed by atoms with van der Waals surface area (Å²) < 4.78 is 51.7. The van der Waals surface area contributed by atoms with Crippen LogP contribution >= 0.6 is 0 Å². The van der Waals surface area contributed by atoms with Gasteiger partial charge in [-0.25, -0.2) is 4.79 Å². The third kappa shape index (κ3) is 3.39. The van der Waals surface area contributed by atoms with Crippen molar-refractivity contribution in [3.05, 3.63) is 42.0 Å². The predicted molar refractivity (Wildman–Crippen MR) is 148 cm³/mol. The van der Waals surface area contributed by atoms with Gasteiger partial charge in [0.05, 0.1) is 17.1 Å². The van der Waals surface area contributed by atoms with Gasteiger partial charge in [0.1, 0.15) is 17.8 Å². The largest absolute Gasteiger partial charge is 0.509 e. The average molecular weight is 581 g/mol. The highest BCUT2D eigenvalue weighted by molar-refractivity contribution is 7.86. The van der Waals surface area contributed by atoms with Crippen molar-refractivity contribution in [1.29, 1.82) is 0 Å². The molecule has 0 N–H and O–H groups in total. The number of rotatable bonds is 4. The number of carbonyl (C=O) groups is 1. The third-order valence-corrected chi connectivity index (χ3v) is 14.0. The molecule has 8 bridgehead atoms. The second kappa shape index (κ2) is 8.17. The first-order valence-corrected chi connectivity index (χ1v) is 17.1. The molecule has 2 saturated heterocycles. The van der Waals surface area contributed by atoms with E-state index in [-0.39, 0.29) is 40.8 Å². The molecule has 0 radical (unpaired) electrons. The van der Waals surface area contributed by atoms with E-state index in [0.717, 1.165) is 47.5 Å². The molecule has 2 heterocycles. The standard InChI is InChI=1S/C33H40O7S/c1-14-5-9-17(10-6-14)41(35,36)40-29-21-13-20(28(29)38-32(34)39-33(2,3)4)26-27(21)31-25-19-12-18(24(25)30(26)37-31)22-15-7-8-16(11-15)23(19)22/h5-10,15-16,18-31H,11-13H2,1-4H3. The van der Waals surface area contributed by atoms with E-state index < -0.39 is 34.1 Å². The number of fused-ring (bicyclic) bond motifs is 23. The monoisotopic (exact) mass is 580 g/mol. The van der Waals surface area contributed by atoms with E-state index in [0.29, 0.717) is 11.8 Å². The molecule has 8 heteroatoms. The van der Waals surface area contributed by atoms with E-state index in [1.165, 1.54) is 12.8 Å². The van der Waals surface area contributed by atoms with Crippen LogP contribution in [0.5, 0.6) is 0 Å². The molecule has 5 saturated carbocycles. The van der Waals surface area contributed by atoms with Gasteiger partial charge in [-0.1, -0.05) is 29.8 Å². The minimum absolute atomic E-state index is 0.0153. The van der Waals surface area contributed by atoms with Gasteiger partial charge in [0.15, 0.2) is 0 Å². The van der Waals surface area contributed by atoms with Crippen molar-refractivity contribution in [3.8, 4) is 0 Å². The van der Waals surface area contributed by atoms with Crippen molar-refractivity contribution in [2.24, 2.45) is 71.0 Å². The first-order valence-electron chi connectivity index (χ1n) is 15.7. The van der Waals surface area contributed by atoms with Crippen LogP contribution in [-0.2, 0) is 28.5 Å². The molecule has 41 heavy (non-hydrogen) atoms. The summed E-state index contributed by atoms with van der Waals surface area (Å²) in [5, 5.41) is 0. The Morgan fingerprint density at radius 3 is 1.90 bits per heavy atom. The van der Waals surface area contributed by atoms with E-state index in [1.54, 1.807) is 45.0 Å². The lowest BCUT2D eigenvalue weighted by atomic mass is 9.55. The van der Waals surface area contributed by atoms with Gasteiger partial charge >= 0.3 is 6.16 Å². The molecule has 0 amide bonds. The highest BCUT2D eigenvalue weighted by Gasteiger charge is 2.79. The SMILES string of the molecule is Cc1ccc(S(=O)(=O)OC2C3CC(C2OC(=O)OC(C)(C)C)C2C4OC(C32)C2C3CC(C5C6C=CC(C6)C35)C42)cc1. The maximum atomic E-state index is 13.5. The lowest BCUT2D eigenvalue weighted by Gasteiger charge is -2.49. The summed E-state index contributed by atoms with van der Waals surface area (Å²) in [7, 11) is -4.05. The Balaban J connectivity index is 1.04. The molecular formula is C33H40O7S. The van der Waals surface area contributed by atoms with E-state index in [1.807, 2.05) is 6.92 Å². The lowest BCUT2D eigenvalue weighted by Crippen LogP contribution is -2.55. The Morgan fingerprint density at radius 1 is 0.780 bits per heavy atom. The maximum Gasteiger partial charge on any atom is 0.509 e. The Labute approximate surface area is 242 Å². The molecule has 16 unspecified atom stereocenters. The first-order chi connectivity index (χ1) is 19.5. The summed E-state index contributed by atoms with van der Waals surface area (Å²) in [5.74, 6) is 6.32. The van der Waals surface area contributed by atoms with E-state index in [2.05, 4.69) is 12.2 Å². The fraction of sp³-hybridized carbons (Fsp3) is 0.727. The van der Waals surface area contributed by atoms with Crippen LogP contribution in [0.15, 0.2) is 41.3 Å². The molecule has 220 valence electrons. The number of benzene rings is 1. The zero-order valence-corrected chi connectivity index (χ0v) is 24.9. The van der Waals surface area contributed by atoms with E-state index >= 15 is 0 Å². The van der Waals surface area contributed by atoms with Crippen molar-refractivity contribution >= 4 is 16.3 Å². The highest BCUT2D eigenvalue weighted by Crippen LogP contribution is 2.77. The Kier molecular flexibility index (Phi) is 5.10. The fourth-order valence-corrected chi connectivity index (χ4v) is 13.1. The number of hydrogen-bond donors (Lipinski definition) is 0. The number of ether oxygens (including phenoxy) is 3. The number of carbonyl (C=O) groups excluding carboxylic acids is 1. The van der Waals surface area contributed by atoms with Gasteiger partial charge < -0.3 is 14.2 Å². The normalized spacial score (nSPS) is 50.8. The molecule has 7 nitrogen and oxygen atoms in total. The molecule has 1 aromatic carbocycles. The molecule has 1 aromatic rings. The summed E-state index contributed by atoms with van der Waals surface area (Å²) in [4.78, 5) is 13.1. The van der Waals surface area contributed by atoms with Gasteiger partial charge in [0, 0.05) is 5.92 Å². The summed E-state index contributed by atoms with van der Waals surface area (Å²) in [5.41, 5.74) is 0.268. The van der Waals surface area contributed by atoms with Gasteiger partial charge in [-0.15, -0.1) is 0 Å². The number of aryl methyl sites for hydroxylation is 1. The van der Waals surface area contributed by atoms with Crippen LogP contribution in [0.25, 0.3) is 0 Å². The molecule has 2 aliphatic heterocycles. The zero-order chi connectivity index (χ0) is 28.2. The molecule has 0 spiro atoms. The van der Waals surface area contributed by atoms with Crippen LogP contribution in [0.1, 0.15) is 45.6 Å². The van der Waals surface area contributed by atoms with Crippen LogP contribution in [0.3, 0.4) is 0 Å². The quantitative estimate of drug-likeness (QED) is 0.205. The Hall–Kier alpha value is -1.90. The van der Waals surface area contributed by atoms with Crippen molar-refractivity contribution in [2.45, 2.75) is 81.9 Å². The van der Waals surface area contributed by atoms with Gasteiger partial charge in [0.25, 0.3) is 10.1 Å². The van der Waals surface area contributed by atoms with Crippen LogP contribution in [0.2, 0.25) is 0 Å². The summed E-state index contributed by atoms with van der Waals surface area (Å²) >= 11 is 0. The third-order valence-electron chi connectivity index (χ3n) is 12.7. The van der Waals surface area contributed by atoms with Crippen molar-refractivity contribution in [1.82, 2.24) is 0 Å². The van der Waals surface area contributed by atoms with Crippen LogP contribution in [0, 0.1) is 77.9 Å². The van der Waals surface area contributed by atoms with Gasteiger partial charge in [-0.3, -0.25) is 4.18 Å².